The van der Waals surface area contributed by atoms with Crippen LogP contribution in [0.1, 0.15) is 18.4 Å². The third-order valence-corrected chi connectivity index (χ3v) is 5.72. The van der Waals surface area contributed by atoms with E-state index in [1.54, 1.807) is 12.4 Å². The highest BCUT2D eigenvalue weighted by molar-refractivity contribution is 5.85. The zero-order valence-electron chi connectivity index (χ0n) is 16.4. The number of halogens is 1. The van der Waals surface area contributed by atoms with Crippen molar-refractivity contribution in [3.8, 4) is 0 Å². The van der Waals surface area contributed by atoms with Gasteiger partial charge in [0.2, 0.25) is 5.91 Å². The summed E-state index contributed by atoms with van der Waals surface area (Å²) in [7, 11) is 0. The van der Waals surface area contributed by atoms with Gasteiger partial charge in [0.1, 0.15) is 17.7 Å². The second kappa shape index (κ2) is 7.74. The molecule has 4 heterocycles. The number of piperidine rings is 1. The lowest BCUT2D eigenvalue weighted by atomic mass is 9.97. The molecule has 1 atom stereocenters. The first-order chi connectivity index (χ1) is 14.7. The number of anilines is 1. The van der Waals surface area contributed by atoms with E-state index in [4.69, 9.17) is 0 Å². The van der Waals surface area contributed by atoms with Gasteiger partial charge in [-0.2, -0.15) is 0 Å². The van der Waals surface area contributed by atoms with Crippen LogP contribution in [0.4, 0.5) is 10.2 Å². The van der Waals surface area contributed by atoms with Crippen molar-refractivity contribution < 1.29 is 9.18 Å². The van der Waals surface area contributed by atoms with Gasteiger partial charge in [0, 0.05) is 36.7 Å². The van der Waals surface area contributed by atoms with E-state index in [9.17, 15) is 9.18 Å². The van der Waals surface area contributed by atoms with E-state index in [1.165, 1.54) is 18.5 Å². The number of aromatic amines is 2. The summed E-state index contributed by atoms with van der Waals surface area (Å²) in [5, 5.41) is 3.91. The summed E-state index contributed by atoms with van der Waals surface area (Å²) < 4.78 is 13.5. The normalized spacial score (nSPS) is 17.0. The van der Waals surface area contributed by atoms with Crippen molar-refractivity contribution in [2.24, 2.45) is 5.92 Å². The van der Waals surface area contributed by atoms with E-state index in [2.05, 4.69) is 35.1 Å². The highest BCUT2D eigenvalue weighted by atomic mass is 19.1. The van der Waals surface area contributed by atoms with Crippen molar-refractivity contribution >= 4 is 33.8 Å². The predicted molar refractivity (Wildman–Crippen MR) is 112 cm³/mol. The summed E-state index contributed by atoms with van der Waals surface area (Å²) >= 11 is 0. The molecule has 154 valence electrons. The van der Waals surface area contributed by atoms with Crippen LogP contribution >= 0.6 is 0 Å². The summed E-state index contributed by atoms with van der Waals surface area (Å²) in [6.45, 7) is 1.96. The van der Waals surface area contributed by atoms with Crippen molar-refractivity contribution in [1.82, 2.24) is 30.2 Å². The molecular weight excluding hydrogens is 385 g/mol. The van der Waals surface area contributed by atoms with E-state index in [1.807, 2.05) is 6.20 Å². The lowest BCUT2D eigenvalue weighted by Crippen LogP contribution is -2.43. The number of hydrogen-bond donors (Lipinski definition) is 3. The van der Waals surface area contributed by atoms with E-state index in [0.29, 0.717) is 25.2 Å². The summed E-state index contributed by atoms with van der Waals surface area (Å²) in [6, 6.07) is 4.70. The molecule has 0 aliphatic carbocycles. The van der Waals surface area contributed by atoms with Crippen molar-refractivity contribution in [3.05, 3.63) is 48.4 Å². The monoisotopic (exact) mass is 407 g/mol. The van der Waals surface area contributed by atoms with E-state index in [0.717, 1.165) is 47.2 Å². The molecule has 4 aromatic rings. The molecule has 1 aliphatic heterocycles. The average molecular weight is 407 g/mol. The average Bonchev–Trinajstić information content (AvgIpc) is 3.40. The first-order valence-corrected chi connectivity index (χ1v) is 10.1. The molecule has 0 bridgehead atoms. The quantitative estimate of drug-likeness (QED) is 0.472. The number of amides is 1. The number of nitrogens with zero attached hydrogens (tertiary/aromatic N) is 4. The molecular formula is C21H22FN7O. The Balaban J connectivity index is 1.22. The third-order valence-electron chi connectivity index (χ3n) is 5.72. The third kappa shape index (κ3) is 3.47. The number of H-pyrrole nitrogens is 2. The maximum atomic E-state index is 13.5. The van der Waals surface area contributed by atoms with Gasteiger partial charge in [-0.15, -0.1) is 0 Å². The van der Waals surface area contributed by atoms with E-state index in [-0.39, 0.29) is 17.6 Å². The van der Waals surface area contributed by atoms with Crippen molar-refractivity contribution in [2.75, 3.05) is 24.5 Å². The number of hydrogen-bond acceptors (Lipinski definition) is 5. The molecule has 8 nitrogen and oxygen atoms in total. The van der Waals surface area contributed by atoms with Crippen LogP contribution in [0, 0.1) is 11.7 Å². The Bertz CT molecular complexity index is 1200. The van der Waals surface area contributed by atoms with Crippen LogP contribution in [0.5, 0.6) is 0 Å². The summed E-state index contributed by atoms with van der Waals surface area (Å²) in [5.41, 5.74) is 3.32. The lowest BCUT2D eigenvalue weighted by Gasteiger charge is -2.32. The van der Waals surface area contributed by atoms with Gasteiger partial charge in [-0.05, 0) is 43.0 Å². The van der Waals surface area contributed by atoms with Crippen molar-refractivity contribution in [3.63, 3.8) is 0 Å². The Kier molecular flexibility index (Phi) is 4.78. The zero-order valence-corrected chi connectivity index (χ0v) is 16.4. The highest BCUT2D eigenvalue weighted by Gasteiger charge is 2.27. The molecule has 1 saturated heterocycles. The maximum Gasteiger partial charge on any atom is 0.224 e. The molecule has 3 N–H and O–H groups in total. The summed E-state index contributed by atoms with van der Waals surface area (Å²) in [6.07, 6.45) is 7.40. The fourth-order valence-electron chi connectivity index (χ4n) is 4.20. The number of aromatic nitrogens is 5. The molecule has 1 fully saturated rings. The van der Waals surface area contributed by atoms with Crippen molar-refractivity contribution in [1.29, 1.82) is 0 Å². The number of benzene rings is 1. The molecule has 0 unspecified atom stereocenters. The Morgan fingerprint density at radius 1 is 1.27 bits per heavy atom. The zero-order chi connectivity index (χ0) is 20.5. The number of rotatable bonds is 5. The Morgan fingerprint density at radius 3 is 3.13 bits per heavy atom. The van der Waals surface area contributed by atoms with Gasteiger partial charge >= 0.3 is 0 Å². The molecule has 30 heavy (non-hydrogen) atoms. The molecule has 9 heteroatoms. The van der Waals surface area contributed by atoms with Gasteiger partial charge in [-0.25, -0.2) is 19.3 Å². The number of fused-ring (bicyclic) bond motifs is 2. The number of imidazole rings is 1. The highest BCUT2D eigenvalue weighted by Crippen LogP contribution is 2.26. The van der Waals surface area contributed by atoms with Crippen LogP contribution < -0.4 is 10.2 Å². The molecule has 1 aromatic carbocycles. The van der Waals surface area contributed by atoms with Gasteiger partial charge in [0.05, 0.1) is 12.2 Å². The van der Waals surface area contributed by atoms with Crippen molar-refractivity contribution in [2.45, 2.75) is 19.3 Å². The molecule has 5 rings (SSSR count). The second-order valence-corrected chi connectivity index (χ2v) is 7.63. The first kappa shape index (κ1) is 18.5. The molecule has 0 saturated carbocycles. The Morgan fingerprint density at radius 2 is 2.20 bits per heavy atom. The van der Waals surface area contributed by atoms with E-state index < -0.39 is 0 Å². The topological polar surface area (TPSA) is 103 Å². The second-order valence-electron chi connectivity index (χ2n) is 7.63. The predicted octanol–water partition coefficient (Wildman–Crippen LogP) is 2.55. The molecule has 0 spiro atoms. The van der Waals surface area contributed by atoms with Crippen LogP contribution in [0.3, 0.4) is 0 Å². The van der Waals surface area contributed by atoms with Gasteiger partial charge in [0.15, 0.2) is 11.5 Å². The molecule has 1 amide bonds. The van der Waals surface area contributed by atoms with Crippen LogP contribution in [-0.2, 0) is 11.2 Å². The van der Waals surface area contributed by atoms with Gasteiger partial charge in [-0.3, -0.25) is 4.79 Å². The number of carbonyl (C=O) groups is 1. The fraction of sp³-hybridized carbons (Fsp3) is 0.333. The van der Waals surface area contributed by atoms with E-state index >= 15 is 0 Å². The molecule has 0 radical (unpaired) electrons. The fourth-order valence-corrected chi connectivity index (χ4v) is 4.20. The Labute approximate surface area is 171 Å². The Hall–Kier alpha value is -3.49. The maximum absolute atomic E-state index is 13.5. The molecule has 1 aliphatic rings. The SMILES string of the molecule is O=C(NCCc1c[nH]c2ccc(F)cc12)[C@H]1CCCN(c2ncnc3nc[nH]c23)C1. The van der Waals surface area contributed by atoms with Crippen LogP contribution in [0.25, 0.3) is 22.1 Å². The minimum Gasteiger partial charge on any atom is -0.361 e. The number of carbonyl (C=O) groups excluding carboxylic acids is 1. The standard InChI is InChI=1S/C21H22FN7O/c22-15-3-4-17-16(8-15)13(9-24-17)5-6-23-21(30)14-2-1-7-29(10-14)20-18-19(26-11-25-18)27-12-28-20/h3-4,8-9,11-12,14,24H,1-2,5-7,10H2,(H,23,30)(H,25,26,27,28)/t14-/m0/s1. The summed E-state index contributed by atoms with van der Waals surface area (Å²) in [5.74, 6) is 0.467. The van der Waals surface area contributed by atoms with Crippen LogP contribution in [0.15, 0.2) is 37.1 Å². The first-order valence-electron chi connectivity index (χ1n) is 10.1. The smallest absolute Gasteiger partial charge is 0.224 e. The van der Waals surface area contributed by atoms with Gasteiger partial charge < -0.3 is 20.2 Å². The lowest BCUT2D eigenvalue weighted by molar-refractivity contribution is -0.125. The minimum atomic E-state index is -0.259. The van der Waals surface area contributed by atoms with Gasteiger partial charge in [-0.1, -0.05) is 0 Å². The summed E-state index contributed by atoms with van der Waals surface area (Å²) in [4.78, 5) is 33.9. The minimum absolute atomic E-state index is 0.0423. The largest absolute Gasteiger partial charge is 0.361 e. The van der Waals surface area contributed by atoms with Gasteiger partial charge in [0.25, 0.3) is 0 Å². The van der Waals surface area contributed by atoms with Crippen LogP contribution in [0.2, 0.25) is 0 Å². The molecule has 3 aromatic heterocycles. The van der Waals surface area contributed by atoms with Crippen LogP contribution in [-0.4, -0.2) is 50.5 Å². The number of nitrogens with one attached hydrogen (secondary N) is 3.